The van der Waals surface area contributed by atoms with Crippen molar-refractivity contribution in [2.45, 2.75) is 44.9 Å². The summed E-state index contributed by atoms with van der Waals surface area (Å²) in [5.74, 6) is -0.670. The zero-order valence-corrected chi connectivity index (χ0v) is 15.5. The van der Waals surface area contributed by atoms with Gasteiger partial charge in [0.05, 0.1) is 0 Å². The standard InChI is InChI=1S/C22H23ClO3/c23-19-9-7-17(8-10-19)16-3-5-18(6-4-16)20(24)15-22(12-1-2-13-22)14-11-21(25)26/h3-10H,1-2,11-15H2,(H,25,26). The number of hydrogen-bond acceptors (Lipinski definition) is 2. The number of carbonyl (C=O) groups excluding carboxylic acids is 1. The monoisotopic (exact) mass is 370 g/mol. The molecule has 1 aliphatic carbocycles. The first-order valence-electron chi connectivity index (χ1n) is 9.08. The Kier molecular flexibility index (Phi) is 5.77. The average Bonchev–Trinajstić information content (AvgIpc) is 3.09. The summed E-state index contributed by atoms with van der Waals surface area (Å²) >= 11 is 5.92. The van der Waals surface area contributed by atoms with Crippen molar-refractivity contribution in [3.05, 3.63) is 59.1 Å². The van der Waals surface area contributed by atoms with Crippen LogP contribution in [-0.2, 0) is 4.79 Å². The summed E-state index contributed by atoms with van der Waals surface area (Å²) in [6.45, 7) is 0. The van der Waals surface area contributed by atoms with Gasteiger partial charge in [-0.05, 0) is 47.9 Å². The Morgan fingerprint density at radius 2 is 1.46 bits per heavy atom. The predicted octanol–water partition coefficient (Wildman–Crippen LogP) is 6.01. The number of rotatable bonds is 7. The van der Waals surface area contributed by atoms with E-state index in [1.54, 1.807) is 0 Å². The van der Waals surface area contributed by atoms with E-state index in [2.05, 4.69) is 0 Å². The first-order valence-corrected chi connectivity index (χ1v) is 9.46. The van der Waals surface area contributed by atoms with Crippen molar-refractivity contribution in [2.24, 2.45) is 5.41 Å². The summed E-state index contributed by atoms with van der Waals surface area (Å²) < 4.78 is 0. The van der Waals surface area contributed by atoms with Crippen molar-refractivity contribution in [3.63, 3.8) is 0 Å². The molecule has 0 unspecified atom stereocenters. The number of carbonyl (C=O) groups is 2. The zero-order chi connectivity index (χ0) is 18.6. The van der Waals surface area contributed by atoms with Crippen LogP contribution >= 0.6 is 11.6 Å². The van der Waals surface area contributed by atoms with Gasteiger partial charge in [-0.15, -0.1) is 0 Å². The van der Waals surface area contributed by atoms with E-state index in [9.17, 15) is 9.59 Å². The maximum Gasteiger partial charge on any atom is 0.303 e. The van der Waals surface area contributed by atoms with Gasteiger partial charge in [0.25, 0.3) is 0 Å². The van der Waals surface area contributed by atoms with Crippen LogP contribution in [0, 0.1) is 5.41 Å². The van der Waals surface area contributed by atoms with Crippen molar-refractivity contribution in [1.29, 1.82) is 0 Å². The Labute approximate surface area is 159 Å². The van der Waals surface area contributed by atoms with Gasteiger partial charge in [-0.1, -0.05) is 60.8 Å². The minimum Gasteiger partial charge on any atom is -0.481 e. The van der Waals surface area contributed by atoms with E-state index in [0.717, 1.165) is 36.8 Å². The quantitative estimate of drug-likeness (QED) is 0.607. The van der Waals surface area contributed by atoms with Gasteiger partial charge in [0.1, 0.15) is 0 Å². The molecule has 0 heterocycles. The Hall–Kier alpha value is -2.13. The van der Waals surface area contributed by atoms with Crippen LogP contribution in [0.2, 0.25) is 5.02 Å². The molecule has 26 heavy (non-hydrogen) atoms. The van der Waals surface area contributed by atoms with Crippen LogP contribution in [0.15, 0.2) is 48.5 Å². The molecule has 0 aromatic heterocycles. The summed E-state index contributed by atoms with van der Waals surface area (Å²) in [6, 6.07) is 15.3. The fourth-order valence-electron chi connectivity index (χ4n) is 3.95. The Morgan fingerprint density at radius 1 is 0.923 bits per heavy atom. The highest BCUT2D eigenvalue weighted by Crippen LogP contribution is 2.45. The molecule has 136 valence electrons. The van der Waals surface area contributed by atoms with Gasteiger partial charge in [-0.2, -0.15) is 0 Å². The molecule has 3 nitrogen and oxygen atoms in total. The second kappa shape index (κ2) is 8.05. The fourth-order valence-corrected chi connectivity index (χ4v) is 4.07. The minimum atomic E-state index is -0.781. The van der Waals surface area contributed by atoms with E-state index >= 15 is 0 Å². The lowest BCUT2D eigenvalue weighted by molar-refractivity contribution is -0.137. The minimum absolute atomic E-state index is 0.111. The van der Waals surface area contributed by atoms with Gasteiger partial charge in [0, 0.05) is 23.4 Å². The number of carboxylic acid groups (broad SMARTS) is 1. The molecule has 0 amide bonds. The van der Waals surface area contributed by atoms with Crippen LogP contribution in [0.1, 0.15) is 55.3 Å². The van der Waals surface area contributed by atoms with Crippen LogP contribution in [0.3, 0.4) is 0 Å². The highest BCUT2D eigenvalue weighted by Gasteiger charge is 2.36. The van der Waals surface area contributed by atoms with E-state index in [4.69, 9.17) is 16.7 Å². The summed E-state index contributed by atoms with van der Waals surface area (Å²) in [5.41, 5.74) is 2.66. The largest absolute Gasteiger partial charge is 0.481 e. The highest BCUT2D eigenvalue weighted by atomic mass is 35.5. The van der Waals surface area contributed by atoms with Crippen molar-refractivity contribution in [2.75, 3.05) is 0 Å². The van der Waals surface area contributed by atoms with Crippen LogP contribution in [0.25, 0.3) is 11.1 Å². The molecule has 1 fully saturated rings. The van der Waals surface area contributed by atoms with Crippen LogP contribution < -0.4 is 0 Å². The Morgan fingerprint density at radius 3 is 2.00 bits per heavy atom. The molecule has 0 radical (unpaired) electrons. The van der Waals surface area contributed by atoms with Crippen LogP contribution in [-0.4, -0.2) is 16.9 Å². The second-order valence-corrected chi connectivity index (χ2v) is 7.72. The fraction of sp³-hybridized carbons (Fsp3) is 0.364. The van der Waals surface area contributed by atoms with E-state index in [0.29, 0.717) is 23.4 Å². The van der Waals surface area contributed by atoms with E-state index < -0.39 is 5.97 Å². The molecular weight excluding hydrogens is 348 g/mol. The normalized spacial score (nSPS) is 15.7. The number of hydrogen-bond donors (Lipinski definition) is 1. The lowest BCUT2D eigenvalue weighted by Crippen LogP contribution is -2.22. The molecule has 3 rings (SSSR count). The molecule has 0 saturated heterocycles. The topological polar surface area (TPSA) is 54.4 Å². The molecule has 1 aliphatic rings. The number of carboxylic acids is 1. The van der Waals surface area contributed by atoms with Gasteiger partial charge in [0.15, 0.2) is 5.78 Å². The molecule has 1 saturated carbocycles. The van der Waals surface area contributed by atoms with E-state index in [-0.39, 0.29) is 17.6 Å². The average molecular weight is 371 g/mol. The molecular formula is C22H23ClO3. The maximum absolute atomic E-state index is 12.8. The third kappa shape index (κ3) is 4.53. The van der Waals surface area contributed by atoms with Crippen molar-refractivity contribution in [3.8, 4) is 11.1 Å². The molecule has 2 aromatic carbocycles. The number of aliphatic carboxylic acids is 1. The molecule has 0 bridgehead atoms. The van der Waals surface area contributed by atoms with Crippen LogP contribution in [0.5, 0.6) is 0 Å². The van der Waals surface area contributed by atoms with Gasteiger partial charge in [0.2, 0.25) is 0 Å². The Balaban J connectivity index is 1.71. The third-order valence-electron chi connectivity index (χ3n) is 5.45. The van der Waals surface area contributed by atoms with Gasteiger partial charge >= 0.3 is 5.97 Å². The lowest BCUT2D eigenvalue weighted by Gasteiger charge is -2.27. The van der Waals surface area contributed by atoms with Gasteiger partial charge < -0.3 is 5.11 Å². The Bertz CT molecular complexity index is 772. The van der Waals surface area contributed by atoms with Crippen LogP contribution in [0.4, 0.5) is 0 Å². The van der Waals surface area contributed by atoms with Crippen molar-refractivity contribution >= 4 is 23.4 Å². The summed E-state index contributed by atoms with van der Waals surface area (Å²) in [6.07, 6.45) is 5.26. The van der Waals surface area contributed by atoms with Crippen molar-refractivity contribution in [1.82, 2.24) is 0 Å². The molecule has 0 atom stereocenters. The maximum atomic E-state index is 12.8. The highest BCUT2D eigenvalue weighted by molar-refractivity contribution is 6.30. The van der Waals surface area contributed by atoms with Gasteiger partial charge in [-0.3, -0.25) is 9.59 Å². The number of Topliss-reactive ketones (excluding diaryl/α,β-unsaturated/α-hetero) is 1. The SMILES string of the molecule is O=C(O)CCC1(CC(=O)c2ccc(-c3ccc(Cl)cc3)cc2)CCCC1. The molecule has 2 aromatic rings. The third-order valence-corrected chi connectivity index (χ3v) is 5.71. The summed E-state index contributed by atoms with van der Waals surface area (Å²) in [7, 11) is 0. The van der Waals surface area contributed by atoms with E-state index in [1.807, 2.05) is 48.5 Å². The number of benzene rings is 2. The molecule has 1 N–H and O–H groups in total. The van der Waals surface area contributed by atoms with Gasteiger partial charge in [-0.25, -0.2) is 0 Å². The first kappa shape index (κ1) is 18.7. The summed E-state index contributed by atoms with van der Waals surface area (Å²) in [4.78, 5) is 23.7. The smallest absolute Gasteiger partial charge is 0.303 e. The van der Waals surface area contributed by atoms with E-state index in [1.165, 1.54) is 0 Å². The number of halogens is 1. The molecule has 4 heteroatoms. The van der Waals surface area contributed by atoms with Crippen molar-refractivity contribution < 1.29 is 14.7 Å². The molecule has 0 aliphatic heterocycles. The lowest BCUT2D eigenvalue weighted by atomic mass is 9.76. The second-order valence-electron chi connectivity index (χ2n) is 7.29. The zero-order valence-electron chi connectivity index (χ0n) is 14.7. The predicted molar refractivity (Wildman–Crippen MR) is 104 cm³/mol. The first-order chi connectivity index (χ1) is 12.5. The summed E-state index contributed by atoms with van der Waals surface area (Å²) in [5, 5.41) is 9.70. The molecule has 0 spiro atoms. The number of ketones is 1.